The first-order valence-corrected chi connectivity index (χ1v) is 9.22. The molecule has 0 unspecified atom stereocenters. The Morgan fingerprint density at radius 1 is 1.19 bits per heavy atom. The van der Waals surface area contributed by atoms with Crippen molar-refractivity contribution in [3.8, 4) is 0 Å². The third kappa shape index (κ3) is 5.52. The zero-order valence-electron chi connectivity index (χ0n) is 15.0. The molecule has 140 valence electrons. The normalized spacial score (nSPS) is 16.6. The van der Waals surface area contributed by atoms with Crippen molar-refractivity contribution in [2.45, 2.75) is 31.7 Å². The number of hydrogen-bond donors (Lipinski definition) is 2. The summed E-state index contributed by atoms with van der Waals surface area (Å²) in [6.07, 6.45) is 0. The van der Waals surface area contributed by atoms with E-state index >= 15 is 0 Å². The molecule has 0 spiro atoms. The zero-order chi connectivity index (χ0) is 19.1. The first kappa shape index (κ1) is 19.8. The summed E-state index contributed by atoms with van der Waals surface area (Å²) in [4.78, 5) is 36.7. The fourth-order valence-corrected chi connectivity index (χ4v) is 3.06. The summed E-state index contributed by atoms with van der Waals surface area (Å²) in [6.45, 7) is 5.37. The molecule has 0 saturated carbocycles. The van der Waals surface area contributed by atoms with Gasteiger partial charge >= 0.3 is 18.0 Å². The lowest BCUT2D eigenvalue weighted by atomic mass is 10.0. The number of hydrogen-bond acceptors (Lipinski definition) is 6. The molecule has 0 aromatic heterocycles. The molecule has 8 heteroatoms. The van der Waals surface area contributed by atoms with Gasteiger partial charge in [0.2, 0.25) is 0 Å². The number of carbonyl (C=O) groups excluding carboxylic acids is 3. The minimum Gasteiger partial charge on any atom is -0.463 e. The summed E-state index contributed by atoms with van der Waals surface area (Å²) in [5.41, 5.74) is 1.64. The minimum atomic E-state index is -0.549. The van der Waals surface area contributed by atoms with Crippen LogP contribution in [0.3, 0.4) is 0 Å². The highest BCUT2D eigenvalue weighted by Gasteiger charge is 2.30. The molecule has 1 heterocycles. The van der Waals surface area contributed by atoms with Gasteiger partial charge in [-0.25, -0.2) is 9.59 Å². The van der Waals surface area contributed by atoms with Gasteiger partial charge in [0.1, 0.15) is 6.61 Å². The topological polar surface area (TPSA) is 93.7 Å². The SMILES string of the molecule is CCOC(=O)C1=C(COC(=O)CSc2ccc(C)cc2)NC(=O)N[C@H]1C. The van der Waals surface area contributed by atoms with E-state index in [0.29, 0.717) is 0 Å². The third-order valence-corrected chi connectivity index (χ3v) is 4.61. The smallest absolute Gasteiger partial charge is 0.338 e. The van der Waals surface area contributed by atoms with Crippen LogP contribution in [0.2, 0.25) is 0 Å². The number of benzene rings is 1. The van der Waals surface area contributed by atoms with Gasteiger partial charge in [0.15, 0.2) is 0 Å². The average Bonchev–Trinajstić information content (AvgIpc) is 2.59. The number of rotatable bonds is 7. The highest BCUT2D eigenvalue weighted by Crippen LogP contribution is 2.19. The Kier molecular flexibility index (Phi) is 7.08. The molecule has 0 saturated heterocycles. The number of amides is 2. The van der Waals surface area contributed by atoms with Crippen LogP contribution >= 0.6 is 11.8 Å². The van der Waals surface area contributed by atoms with E-state index in [-0.39, 0.29) is 30.2 Å². The minimum absolute atomic E-state index is 0.132. The molecule has 1 aromatic rings. The van der Waals surface area contributed by atoms with Crippen LogP contribution in [-0.4, -0.2) is 43.0 Å². The maximum atomic E-state index is 12.1. The second-order valence-corrected chi connectivity index (χ2v) is 6.74. The van der Waals surface area contributed by atoms with Crippen molar-refractivity contribution in [1.29, 1.82) is 0 Å². The van der Waals surface area contributed by atoms with E-state index in [1.54, 1.807) is 13.8 Å². The summed E-state index contributed by atoms with van der Waals surface area (Å²) in [6, 6.07) is 6.82. The fraction of sp³-hybridized carbons (Fsp3) is 0.389. The molecular weight excluding hydrogens is 356 g/mol. The van der Waals surface area contributed by atoms with Gasteiger partial charge < -0.3 is 20.1 Å². The first-order chi connectivity index (χ1) is 12.4. The van der Waals surface area contributed by atoms with Crippen molar-refractivity contribution in [2.24, 2.45) is 0 Å². The molecule has 26 heavy (non-hydrogen) atoms. The third-order valence-electron chi connectivity index (χ3n) is 3.62. The summed E-state index contributed by atoms with van der Waals surface area (Å²) >= 11 is 1.36. The largest absolute Gasteiger partial charge is 0.463 e. The van der Waals surface area contributed by atoms with Crippen molar-refractivity contribution in [1.82, 2.24) is 10.6 Å². The molecule has 0 radical (unpaired) electrons. The van der Waals surface area contributed by atoms with E-state index in [1.165, 1.54) is 11.8 Å². The molecule has 0 fully saturated rings. The van der Waals surface area contributed by atoms with Gasteiger partial charge in [0.05, 0.1) is 29.7 Å². The Morgan fingerprint density at radius 2 is 1.88 bits per heavy atom. The summed E-state index contributed by atoms with van der Waals surface area (Å²) in [5, 5.41) is 5.10. The fourth-order valence-electron chi connectivity index (χ4n) is 2.36. The highest BCUT2D eigenvalue weighted by atomic mass is 32.2. The number of ether oxygens (including phenoxy) is 2. The second-order valence-electron chi connectivity index (χ2n) is 5.70. The molecule has 1 aromatic carbocycles. The van der Waals surface area contributed by atoms with Gasteiger partial charge in [-0.3, -0.25) is 4.79 Å². The Morgan fingerprint density at radius 3 is 2.54 bits per heavy atom. The predicted octanol–water partition coefficient (Wildman–Crippen LogP) is 2.15. The van der Waals surface area contributed by atoms with Crippen molar-refractivity contribution < 1.29 is 23.9 Å². The molecule has 1 atom stereocenters. The van der Waals surface area contributed by atoms with E-state index < -0.39 is 24.0 Å². The van der Waals surface area contributed by atoms with Crippen molar-refractivity contribution in [2.75, 3.05) is 19.0 Å². The monoisotopic (exact) mass is 378 g/mol. The van der Waals surface area contributed by atoms with Gasteiger partial charge in [-0.15, -0.1) is 11.8 Å². The summed E-state index contributed by atoms with van der Waals surface area (Å²) < 4.78 is 10.2. The molecule has 1 aliphatic heterocycles. The average molecular weight is 378 g/mol. The lowest BCUT2D eigenvalue weighted by Crippen LogP contribution is -2.50. The van der Waals surface area contributed by atoms with E-state index in [2.05, 4.69) is 10.6 Å². The van der Waals surface area contributed by atoms with Crippen LogP contribution in [0.25, 0.3) is 0 Å². The second kappa shape index (κ2) is 9.28. The van der Waals surface area contributed by atoms with Crippen LogP contribution < -0.4 is 10.6 Å². The van der Waals surface area contributed by atoms with Gasteiger partial charge in [-0.1, -0.05) is 17.7 Å². The zero-order valence-corrected chi connectivity index (χ0v) is 15.8. The summed E-state index contributed by atoms with van der Waals surface area (Å²) in [7, 11) is 0. The van der Waals surface area contributed by atoms with Gasteiger partial charge in [0, 0.05) is 4.90 Å². The van der Waals surface area contributed by atoms with E-state index in [1.807, 2.05) is 31.2 Å². The molecule has 2 amide bonds. The Bertz CT molecular complexity index is 715. The molecule has 2 N–H and O–H groups in total. The highest BCUT2D eigenvalue weighted by molar-refractivity contribution is 8.00. The number of carbonyl (C=O) groups is 3. The molecule has 7 nitrogen and oxygen atoms in total. The van der Waals surface area contributed by atoms with Crippen LogP contribution in [0.1, 0.15) is 19.4 Å². The number of esters is 2. The molecule has 1 aliphatic rings. The van der Waals surface area contributed by atoms with Crippen molar-refractivity contribution in [3.63, 3.8) is 0 Å². The van der Waals surface area contributed by atoms with E-state index in [9.17, 15) is 14.4 Å². The Balaban J connectivity index is 1.96. The summed E-state index contributed by atoms with van der Waals surface area (Å²) in [5.74, 6) is -0.855. The first-order valence-electron chi connectivity index (χ1n) is 8.23. The van der Waals surface area contributed by atoms with Crippen LogP contribution in [-0.2, 0) is 19.1 Å². The number of thioether (sulfide) groups is 1. The molecular formula is C18H22N2O5S. The number of aryl methyl sites for hydroxylation is 1. The lowest BCUT2D eigenvalue weighted by molar-refractivity contribution is -0.141. The quantitative estimate of drug-likeness (QED) is 0.558. The van der Waals surface area contributed by atoms with Crippen LogP contribution in [0.4, 0.5) is 4.79 Å². The standard InChI is InChI=1S/C18H22N2O5S/c1-4-24-17(22)16-12(3)19-18(23)20-14(16)9-25-15(21)10-26-13-7-5-11(2)6-8-13/h5-8,12H,4,9-10H2,1-3H3,(H2,19,20,23)/t12-/m0/s1. The maximum Gasteiger partial charge on any atom is 0.338 e. The molecule has 0 bridgehead atoms. The van der Waals surface area contributed by atoms with Crippen LogP contribution in [0, 0.1) is 6.92 Å². The maximum absolute atomic E-state index is 12.1. The van der Waals surface area contributed by atoms with E-state index in [4.69, 9.17) is 9.47 Å². The predicted molar refractivity (Wildman–Crippen MR) is 97.7 cm³/mol. The van der Waals surface area contributed by atoms with Crippen molar-refractivity contribution >= 4 is 29.7 Å². The molecule has 0 aliphatic carbocycles. The number of nitrogens with one attached hydrogen (secondary N) is 2. The Hall–Kier alpha value is -2.48. The van der Waals surface area contributed by atoms with Crippen LogP contribution in [0.15, 0.2) is 40.4 Å². The van der Waals surface area contributed by atoms with Gasteiger partial charge in [0.25, 0.3) is 0 Å². The van der Waals surface area contributed by atoms with Crippen molar-refractivity contribution in [3.05, 3.63) is 41.1 Å². The lowest BCUT2D eigenvalue weighted by Gasteiger charge is -2.26. The molecule has 2 rings (SSSR count). The van der Waals surface area contributed by atoms with Gasteiger partial charge in [-0.05, 0) is 32.9 Å². The van der Waals surface area contributed by atoms with Gasteiger partial charge in [-0.2, -0.15) is 0 Å². The van der Waals surface area contributed by atoms with Crippen LogP contribution in [0.5, 0.6) is 0 Å². The Labute approximate surface area is 156 Å². The number of urea groups is 1. The van der Waals surface area contributed by atoms with E-state index in [0.717, 1.165) is 10.5 Å².